The Kier molecular flexibility index (Phi) is 5.56. The topological polar surface area (TPSA) is 42.0 Å². The molecule has 0 fully saturated rings. The minimum Gasteiger partial charge on any atom is -0.298 e. The Labute approximate surface area is 156 Å². The molecule has 1 amide bonds. The van der Waals surface area contributed by atoms with Crippen molar-refractivity contribution in [2.75, 3.05) is 11.6 Å². The molecule has 2 aromatic carbocycles. The van der Waals surface area contributed by atoms with Crippen molar-refractivity contribution in [3.63, 3.8) is 0 Å². The first-order chi connectivity index (χ1) is 12.1. The number of nitrogens with one attached hydrogen (secondary N) is 1. The minimum absolute atomic E-state index is 0.124. The molecular formula is C20H20N2OS2. The highest BCUT2D eigenvalue weighted by molar-refractivity contribution is 7.98. The fourth-order valence-electron chi connectivity index (χ4n) is 2.50. The van der Waals surface area contributed by atoms with Crippen LogP contribution in [0.1, 0.15) is 35.7 Å². The van der Waals surface area contributed by atoms with Gasteiger partial charge in [0.15, 0.2) is 5.13 Å². The van der Waals surface area contributed by atoms with Crippen LogP contribution in [-0.2, 0) is 0 Å². The SMILES string of the molecule is CSc1ccccc1C(=O)Nc1nc(-c2ccc(C(C)C)cc2)cs1. The Morgan fingerprint density at radius 2 is 1.84 bits per heavy atom. The van der Waals surface area contributed by atoms with Crippen LogP contribution in [0, 0.1) is 0 Å². The molecule has 3 aromatic rings. The molecule has 128 valence electrons. The molecule has 5 heteroatoms. The molecule has 3 nitrogen and oxygen atoms in total. The van der Waals surface area contributed by atoms with Gasteiger partial charge in [-0.3, -0.25) is 10.1 Å². The lowest BCUT2D eigenvalue weighted by atomic mass is 10.0. The van der Waals surface area contributed by atoms with Gasteiger partial charge in [0.1, 0.15) is 0 Å². The molecule has 3 rings (SSSR count). The van der Waals surface area contributed by atoms with Gasteiger partial charge >= 0.3 is 0 Å². The van der Waals surface area contributed by atoms with Crippen LogP contribution in [0.2, 0.25) is 0 Å². The zero-order valence-electron chi connectivity index (χ0n) is 14.4. The zero-order chi connectivity index (χ0) is 17.8. The smallest absolute Gasteiger partial charge is 0.258 e. The van der Waals surface area contributed by atoms with Crippen LogP contribution in [0.3, 0.4) is 0 Å². The van der Waals surface area contributed by atoms with E-state index in [1.54, 1.807) is 11.8 Å². The Morgan fingerprint density at radius 3 is 2.52 bits per heavy atom. The number of carbonyl (C=O) groups excluding carboxylic acids is 1. The van der Waals surface area contributed by atoms with E-state index in [9.17, 15) is 4.79 Å². The maximum atomic E-state index is 12.5. The summed E-state index contributed by atoms with van der Waals surface area (Å²) in [6.07, 6.45) is 1.97. The number of anilines is 1. The van der Waals surface area contributed by atoms with Gasteiger partial charge in [0.05, 0.1) is 11.3 Å². The molecule has 0 radical (unpaired) electrons. The first kappa shape index (κ1) is 17.7. The average Bonchev–Trinajstić information content (AvgIpc) is 3.10. The highest BCUT2D eigenvalue weighted by atomic mass is 32.2. The van der Waals surface area contributed by atoms with E-state index in [1.807, 2.05) is 35.9 Å². The zero-order valence-corrected chi connectivity index (χ0v) is 16.1. The number of amides is 1. The standard InChI is InChI=1S/C20H20N2OS2/c1-13(2)14-8-10-15(11-9-14)17-12-25-20(21-17)22-19(23)16-6-4-5-7-18(16)24-3/h4-13H,1-3H3,(H,21,22,23). The lowest BCUT2D eigenvalue weighted by Gasteiger charge is -2.06. The predicted octanol–water partition coefficient (Wildman–Crippen LogP) is 5.91. The van der Waals surface area contributed by atoms with Crippen molar-refractivity contribution < 1.29 is 4.79 Å². The quantitative estimate of drug-likeness (QED) is 0.569. The Balaban J connectivity index is 1.76. The average molecular weight is 369 g/mol. The summed E-state index contributed by atoms with van der Waals surface area (Å²) in [5, 5.41) is 5.50. The van der Waals surface area contributed by atoms with Crippen molar-refractivity contribution in [3.05, 3.63) is 65.0 Å². The summed E-state index contributed by atoms with van der Waals surface area (Å²) in [7, 11) is 0. The second-order valence-electron chi connectivity index (χ2n) is 5.97. The van der Waals surface area contributed by atoms with Crippen LogP contribution in [0.25, 0.3) is 11.3 Å². The van der Waals surface area contributed by atoms with Crippen LogP contribution in [0.15, 0.2) is 58.8 Å². The summed E-state index contributed by atoms with van der Waals surface area (Å²) in [4.78, 5) is 18.0. The number of thioether (sulfide) groups is 1. The van der Waals surface area contributed by atoms with E-state index in [0.717, 1.165) is 16.2 Å². The maximum Gasteiger partial charge on any atom is 0.258 e. The van der Waals surface area contributed by atoms with Crippen LogP contribution in [-0.4, -0.2) is 17.1 Å². The second kappa shape index (κ2) is 7.85. The predicted molar refractivity (Wildman–Crippen MR) is 108 cm³/mol. The maximum absolute atomic E-state index is 12.5. The third kappa shape index (κ3) is 4.11. The molecule has 0 bridgehead atoms. The molecule has 0 saturated heterocycles. The Morgan fingerprint density at radius 1 is 1.12 bits per heavy atom. The van der Waals surface area contributed by atoms with Crippen LogP contribution in [0.4, 0.5) is 5.13 Å². The van der Waals surface area contributed by atoms with Crippen molar-refractivity contribution in [1.82, 2.24) is 4.98 Å². The number of aromatic nitrogens is 1. The molecule has 0 spiro atoms. The molecule has 1 N–H and O–H groups in total. The third-order valence-electron chi connectivity index (χ3n) is 3.95. The van der Waals surface area contributed by atoms with Crippen molar-refractivity contribution >= 4 is 34.1 Å². The molecule has 0 aliphatic rings. The number of hydrogen-bond acceptors (Lipinski definition) is 4. The summed E-state index contributed by atoms with van der Waals surface area (Å²) >= 11 is 3.00. The molecule has 1 heterocycles. The largest absolute Gasteiger partial charge is 0.298 e. The number of rotatable bonds is 5. The highest BCUT2D eigenvalue weighted by Crippen LogP contribution is 2.27. The lowest BCUT2D eigenvalue weighted by Crippen LogP contribution is -2.12. The molecule has 1 aromatic heterocycles. The van der Waals surface area contributed by atoms with Crippen LogP contribution in [0.5, 0.6) is 0 Å². The second-order valence-corrected chi connectivity index (χ2v) is 7.68. The monoisotopic (exact) mass is 368 g/mol. The van der Waals surface area contributed by atoms with E-state index in [4.69, 9.17) is 0 Å². The van der Waals surface area contributed by atoms with E-state index in [0.29, 0.717) is 16.6 Å². The number of benzene rings is 2. The molecule has 0 aliphatic heterocycles. The molecule has 0 unspecified atom stereocenters. The van der Waals surface area contributed by atoms with Gasteiger partial charge in [0, 0.05) is 15.8 Å². The van der Waals surface area contributed by atoms with Crippen molar-refractivity contribution in [2.45, 2.75) is 24.7 Å². The van der Waals surface area contributed by atoms with Crippen molar-refractivity contribution in [3.8, 4) is 11.3 Å². The Hall–Kier alpha value is -2.11. The van der Waals surface area contributed by atoms with Crippen molar-refractivity contribution in [1.29, 1.82) is 0 Å². The van der Waals surface area contributed by atoms with Crippen LogP contribution < -0.4 is 5.32 Å². The van der Waals surface area contributed by atoms with E-state index < -0.39 is 0 Å². The van der Waals surface area contributed by atoms with Gasteiger partial charge in [-0.05, 0) is 29.9 Å². The highest BCUT2D eigenvalue weighted by Gasteiger charge is 2.13. The first-order valence-corrected chi connectivity index (χ1v) is 10.2. The molecule has 0 aliphatic carbocycles. The lowest BCUT2D eigenvalue weighted by molar-refractivity contribution is 0.102. The molecule has 25 heavy (non-hydrogen) atoms. The fourth-order valence-corrected chi connectivity index (χ4v) is 3.81. The summed E-state index contributed by atoms with van der Waals surface area (Å²) in [5.74, 6) is 0.386. The van der Waals surface area contributed by atoms with Gasteiger partial charge < -0.3 is 0 Å². The van der Waals surface area contributed by atoms with E-state index in [1.165, 1.54) is 16.9 Å². The van der Waals surface area contributed by atoms with Crippen LogP contribution >= 0.6 is 23.1 Å². The first-order valence-electron chi connectivity index (χ1n) is 8.08. The van der Waals surface area contributed by atoms with Gasteiger partial charge in [-0.2, -0.15) is 0 Å². The minimum atomic E-state index is -0.124. The fraction of sp³-hybridized carbons (Fsp3) is 0.200. The van der Waals surface area contributed by atoms with Gasteiger partial charge in [-0.1, -0.05) is 50.2 Å². The summed E-state index contributed by atoms with van der Waals surface area (Å²) in [6.45, 7) is 4.36. The van der Waals surface area contributed by atoms with Crippen molar-refractivity contribution in [2.24, 2.45) is 0 Å². The third-order valence-corrected chi connectivity index (χ3v) is 5.50. The molecule has 0 saturated carbocycles. The number of hydrogen-bond donors (Lipinski definition) is 1. The van der Waals surface area contributed by atoms with Gasteiger partial charge in [-0.15, -0.1) is 23.1 Å². The normalized spacial score (nSPS) is 10.9. The number of thiazole rings is 1. The summed E-state index contributed by atoms with van der Waals surface area (Å²) in [5.41, 5.74) is 3.92. The van der Waals surface area contributed by atoms with E-state index >= 15 is 0 Å². The van der Waals surface area contributed by atoms with E-state index in [-0.39, 0.29) is 5.91 Å². The van der Waals surface area contributed by atoms with Gasteiger partial charge in [0.2, 0.25) is 0 Å². The number of nitrogens with zero attached hydrogens (tertiary/aromatic N) is 1. The molecular weight excluding hydrogens is 348 g/mol. The molecule has 0 atom stereocenters. The number of carbonyl (C=O) groups is 1. The summed E-state index contributed by atoms with van der Waals surface area (Å²) in [6, 6.07) is 16.0. The van der Waals surface area contributed by atoms with Gasteiger partial charge in [0.25, 0.3) is 5.91 Å². The Bertz CT molecular complexity index is 869. The summed E-state index contributed by atoms with van der Waals surface area (Å²) < 4.78 is 0. The van der Waals surface area contributed by atoms with E-state index in [2.05, 4.69) is 48.4 Å². The van der Waals surface area contributed by atoms with Gasteiger partial charge in [-0.25, -0.2) is 4.98 Å².